The van der Waals surface area contributed by atoms with E-state index in [4.69, 9.17) is 9.73 Å². The largest absolute Gasteiger partial charge is 0.494 e. The number of aromatic amines is 1. The summed E-state index contributed by atoms with van der Waals surface area (Å²) in [6, 6.07) is 22.6. The molecule has 7 nitrogen and oxygen atoms in total. The number of methoxy groups -OCH3 is 1. The highest BCUT2D eigenvalue weighted by Crippen LogP contribution is 2.32. The van der Waals surface area contributed by atoms with Crippen LogP contribution >= 0.6 is 0 Å². The van der Waals surface area contributed by atoms with Crippen LogP contribution in [-0.4, -0.2) is 38.4 Å². The number of H-pyrrole nitrogens is 1. The Labute approximate surface area is 196 Å². The van der Waals surface area contributed by atoms with Gasteiger partial charge in [0, 0.05) is 41.5 Å². The number of hydrogen-bond donors (Lipinski definition) is 2. The second kappa shape index (κ2) is 8.71. The fourth-order valence-electron chi connectivity index (χ4n) is 3.99. The van der Waals surface area contributed by atoms with E-state index in [9.17, 15) is 9.90 Å². The molecule has 0 aliphatic carbocycles. The number of fused-ring (bicyclic) bond motifs is 1. The van der Waals surface area contributed by atoms with Crippen LogP contribution in [0.2, 0.25) is 0 Å². The minimum Gasteiger partial charge on any atom is -0.494 e. The van der Waals surface area contributed by atoms with Crippen molar-refractivity contribution in [2.45, 2.75) is 0 Å². The van der Waals surface area contributed by atoms with Crippen LogP contribution in [0.15, 0.2) is 90.2 Å². The van der Waals surface area contributed by atoms with E-state index in [2.05, 4.69) is 9.97 Å². The molecule has 0 aliphatic rings. The normalized spacial score (nSPS) is 11.6. The van der Waals surface area contributed by atoms with Crippen LogP contribution in [0.25, 0.3) is 22.3 Å². The lowest BCUT2D eigenvalue weighted by Crippen LogP contribution is -2.03. The molecule has 34 heavy (non-hydrogen) atoms. The molecule has 2 heterocycles. The lowest BCUT2D eigenvalue weighted by atomic mass is 10.00. The van der Waals surface area contributed by atoms with Gasteiger partial charge in [-0.1, -0.05) is 36.4 Å². The average Bonchev–Trinajstić information content (AvgIpc) is 3.44. The molecule has 0 bridgehead atoms. The number of nitrogens with one attached hydrogen (secondary N) is 1. The summed E-state index contributed by atoms with van der Waals surface area (Å²) >= 11 is 0. The number of esters is 1. The number of aryl methyl sites for hydroxylation is 1. The number of imidazole rings is 1. The second-order valence-corrected chi connectivity index (χ2v) is 7.84. The predicted octanol–water partition coefficient (Wildman–Crippen LogP) is 5.23. The molecule has 0 aliphatic heterocycles. The Morgan fingerprint density at radius 2 is 1.79 bits per heavy atom. The van der Waals surface area contributed by atoms with Crippen LogP contribution in [0.1, 0.15) is 21.5 Å². The number of rotatable bonds is 5. The Bertz CT molecular complexity index is 1510. The smallest absolute Gasteiger partial charge is 0.337 e. The van der Waals surface area contributed by atoms with Gasteiger partial charge in [0.15, 0.2) is 5.88 Å². The minimum atomic E-state index is -0.442. The molecule has 0 unspecified atom stereocenters. The van der Waals surface area contributed by atoms with Crippen molar-refractivity contribution in [3.63, 3.8) is 0 Å². The van der Waals surface area contributed by atoms with Gasteiger partial charge in [-0.2, -0.15) is 0 Å². The summed E-state index contributed by atoms with van der Waals surface area (Å²) < 4.78 is 6.78. The lowest BCUT2D eigenvalue weighted by molar-refractivity contribution is 0.0601. The van der Waals surface area contributed by atoms with Gasteiger partial charge in [0.2, 0.25) is 0 Å². The van der Waals surface area contributed by atoms with Crippen LogP contribution in [0, 0.1) is 0 Å². The number of carbonyl (C=O) groups is 1. The molecule has 0 spiro atoms. The first-order valence-electron chi connectivity index (χ1n) is 10.7. The van der Waals surface area contributed by atoms with Crippen LogP contribution in [0.3, 0.4) is 0 Å². The molecule has 5 rings (SSSR count). The van der Waals surface area contributed by atoms with Crippen molar-refractivity contribution in [2.75, 3.05) is 7.11 Å². The standard InChI is InChI=1S/C27H22N4O3/c1-31-15-14-28-25(31)18-8-11-20(12-9-18)29-24(17-6-4-3-5-7-17)23-21-13-10-19(27(33)34-2)16-22(21)30-26(23)32/h3-16,30,32H,1-2H3. The molecule has 7 heteroatoms. The molecule has 0 fully saturated rings. The Morgan fingerprint density at radius 3 is 2.47 bits per heavy atom. The summed E-state index contributed by atoms with van der Waals surface area (Å²) in [6.45, 7) is 0. The van der Waals surface area contributed by atoms with Crippen LogP contribution in [0.4, 0.5) is 5.69 Å². The number of aromatic hydroxyl groups is 1. The van der Waals surface area contributed by atoms with Gasteiger partial charge < -0.3 is 19.4 Å². The van der Waals surface area contributed by atoms with Crippen molar-refractivity contribution < 1.29 is 14.6 Å². The van der Waals surface area contributed by atoms with E-state index in [0.717, 1.165) is 28.0 Å². The van der Waals surface area contributed by atoms with Crippen molar-refractivity contribution in [1.82, 2.24) is 14.5 Å². The Hall–Kier alpha value is -4.65. The van der Waals surface area contributed by atoms with E-state index in [1.54, 1.807) is 24.4 Å². The van der Waals surface area contributed by atoms with Crippen molar-refractivity contribution in [3.8, 4) is 17.3 Å². The number of aromatic nitrogens is 3. The number of nitrogens with zero attached hydrogens (tertiary/aromatic N) is 3. The van der Waals surface area contributed by atoms with Crippen molar-refractivity contribution in [3.05, 3.63) is 102 Å². The highest BCUT2D eigenvalue weighted by atomic mass is 16.5. The van der Waals surface area contributed by atoms with Crippen molar-refractivity contribution in [2.24, 2.45) is 12.0 Å². The molecule has 2 aromatic heterocycles. The highest BCUT2D eigenvalue weighted by Gasteiger charge is 2.20. The fourth-order valence-corrected chi connectivity index (χ4v) is 3.99. The van der Waals surface area contributed by atoms with Crippen LogP contribution in [0.5, 0.6) is 5.88 Å². The maximum absolute atomic E-state index is 12.0. The zero-order valence-electron chi connectivity index (χ0n) is 18.7. The molecule has 0 saturated heterocycles. The Balaban J connectivity index is 1.64. The first kappa shape index (κ1) is 21.2. The molecule has 168 valence electrons. The third kappa shape index (κ3) is 3.84. The maximum Gasteiger partial charge on any atom is 0.337 e. The maximum atomic E-state index is 12.0. The zero-order valence-corrected chi connectivity index (χ0v) is 18.7. The lowest BCUT2D eigenvalue weighted by Gasteiger charge is -2.09. The molecular weight excluding hydrogens is 428 g/mol. The third-order valence-electron chi connectivity index (χ3n) is 5.67. The summed E-state index contributed by atoms with van der Waals surface area (Å²) in [5.74, 6) is 0.404. The van der Waals surface area contributed by atoms with E-state index < -0.39 is 5.97 Å². The molecule has 0 radical (unpaired) electrons. The predicted molar refractivity (Wildman–Crippen MR) is 132 cm³/mol. The molecule has 0 saturated carbocycles. The van der Waals surface area contributed by atoms with E-state index in [1.165, 1.54) is 7.11 Å². The summed E-state index contributed by atoms with van der Waals surface area (Å²) in [4.78, 5) is 24.2. The number of carbonyl (C=O) groups excluding carboxylic acids is 1. The summed E-state index contributed by atoms with van der Waals surface area (Å²) in [6.07, 6.45) is 3.67. The highest BCUT2D eigenvalue weighted by molar-refractivity contribution is 6.22. The quantitative estimate of drug-likeness (QED) is 0.283. The van der Waals surface area contributed by atoms with Crippen molar-refractivity contribution in [1.29, 1.82) is 0 Å². The van der Waals surface area contributed by atoms with Gasteiger partial charge in [-0.15, -0.1) is 0 Å². The van der Waals surface area contributed by atoms with Crippen LogP contribution < -0.4 is 0 Å². The molecule has 0 amide bonds. The SMILES string of the molecule is COC(=O)c1ccc2c(C(=Nc3ccc(-c4nccn4C)cc3)c3ccccc3)c(O)[nH]c2c1. The van der Waals surface area contributed by atoms with E-state index >= 15 is 0 Å². The van der Waals surface area contributed by atoms with Gasteiger partial charge in [0.25, 0.3) is 0 Å². The number of aliphatic imine (C=N–C) groups is 1. The number of ether oxygens (including phenoxy) is 1. The Morgan fingerprint density at radius 1 is 1.03 bits per heavy atom. The van der Waals surface area contributed by atoms with Crippen molar-refractivity contribution >= 4 is 28.3 Å². The van der Waals surface area contributed by atoms with Gasteiger partial charge in [-0.3, -0.25) is 0 Å². The first-order valence-corrected chi connectivity index (χ1v) is 10.7. The summed E-state index contributed by atoms with van der Waals surface area (Å²) in [7, 11) is 3.29. The van der Waals surface area contributed by atoms with Gasteiger partial charge in [-0.05, 0) is 36.4 Å². The summed E-state index contributed by atoms with van der Waals surface area (Å²) in [5, 5.41) is 11.6. The first-order chi connectivity index (χ1) is 16.5. The average molecular weight is 450 g/mol. The van der Waals surface area contributed by atoms with Gasteiger partial charge in [0.05, 0.1) is 29.6 Å². The Kier molecular flexibility index (Phi) is 5.43. The number of benzene rings is 3. The van der Waals surface area contributed by atoms with E-state index in [-0.39, 0.29) is 5.88 Å². The van der Waals surface area contributed by atoms with Gasteiger partial charge >= 0.3 is 5.97 Å². The van der Waals surface area contributed by atoms with Gasteiger partial charge in [0.1, 0.15) is 5.82 Å². The van der Waals surface area contributed by atoms with Crippen LogP contribution in [-0.2, 0) is 11.8 Å². The molecule has 2 N–H and O–H groups in total. The summed E-state index contributed by atoms with van der Waals surface area (Å²) in [5.41, 5.74) is 4.75. The molecule has 3 aromatic carbocycles. The second-order valence-electron chi connectivity index (χ2n) is 7.84. The fraction of sp³-hybridized carbons (Fsp3) is 0.0741. The number of hydrogen-bond acceptors (Lipinski definition) is 5. The monoisotopic (exact) mass is 450 g/mol. The zero-order chi connectivity index (χ0) is 23.7. The molecule has 5 aromatic rings. The van der Waals surface area contributed by atoms with E-state index in [1.807, 2.05) is 72.4 Å². The van der Waals surface area contributed by atoms with Gasteiger partial charge in [-0.25, -0.2) is 14.8 Å². The third-order valence-corrected chi connectivity index (χ3v) is 5.67. The van der Waals surface area contributed by atoms with E-state index in [0.29, 0.717) is 22.4 Å². The minimum absolute atomic E-state index is 0.0238. The molecular formula is C27H22N4O3. The topological polar surface area (TPSA) is 92.5 Å². The molecule has 0 atom stereocenters.